The zero-order valence-electron chi connectivity index (χ0n) is 22.2. The van der Waals surface area contributed by atoms with Gasteiger partial charge in [-0.25, -0.2) is 17.2 Å². The third kappa shape index (κ3) is 5.35. The van der Waals surface area contributed by atoms with E-state index in [9.17, 15) is 22.0 Å². The summed E-state index contributed by atoms with van der Waals surface area (Å²) in [5, 5.41) is 0.299. The molecular weight excluding hydrogens is 538 g/mol. The first kappa shape index (κ1) is 27.1. The summed E-state index contributed by atoms with van der Waals surface area (Å²) >= 11 is 0. The highest BCUT2D eigenvalue weighted by Gasteiger charge is 2.21. The van der Waals surface area contributed by atoms with Gasteiger partial charge >= 0.3 is 0 Å². The van der Waals surface area contributed by atoms with Gasteiger partial charge in [-0.2, -0.15) is 0 Å². The summed E-state index contributed by atoms with van der Waals surface area (Å²) in [4.78, 5) is 13.1. The molecule has 0 aliphatic heterocycles. The van der Waals surface area contributed by atoms with E-state index in [-0.39, 0.29) is 34.1 Å². The summed E-state index contributed by atoms with van der Waals surface area (Å²) in [6, 6.07) is 15.0. The molecule has 0 spiro atoms. The number of sulfonamides is 1. The predicted molar refractivity (Wildman–Crippen MR) is 151 cm³/mol. The minimum absolute atomic E-state index is 0.134. The van der Waals surface area contributed by atoms with Gasteiger partial charge in [-0.15, -0.1) is 0 Å². The molecule has 2 heterocycles. The molecule has 206 valence electrons. The first-order chi connectivity index (χ1) is 18.9. The number of nitrogens with zero attached hydrogens (tertiary/aromatic N) is 1. The van der Waals surface area contributed by atoms with Gasteiger partial charge in [-0.1, -0.05) is 17.2 Å². The molecule has 10 heteroatoms. The fraction of sp³-hybridized carbons (Fsp3) is 0.167. The average molecular weight is 565 g/mol. The minimum Gasteiger partial charge on any atom is -0.455 e. The lowest BCUT2D eigenvalue weighted by Crippen LogP contribution is -2.16. The van der Waals surface area contributed by atoms with Crippen LogP contribution in [0.25, 0.3) is 33.4 Å². The van der Waals surface area contributed by atoms with Gasteiger partial charge < -0.3 is 13.7 Å². The molecule has 0 radical (unpaired) electrons. The molecule has 0 saturated carbocycles. The van der Waals surface area contributed by atoms with E-state index < -0.39 is 21.7 Å². The fourth-order valence-electron chi connectivity index (χ4n) is 4.52. The number of benzene rings is 3. The van der Waals surface area contributed by atoms with Gasteiger partial charge in [0.05, 0.1) is 11.1 Å². The largest absolute Gasteiger partial charge is 0.455 e. The number of ether oxygens (including phenoxy) is 1. The first-order valence-electron chi connectivity index (χ1n) is 12.4. The van der Waals surface area contributed by atoms with E-state index in [0.717, 1.165) is 28.8 Å². The van der Waals surface area contributed by atoms with Gasteiger partial charge in [-0.3, -0.25) is 9.52 Å². The summed E-state index contributed by atoms with van der Waals surface area (Å²) < 4.78 is 68.6. The topological polar surface area (TPSA) is 90.5 Å². The maximum Gasteiger partial charge on any atom is 0.261 e. The van der Waals surface area contributed by atoms with Crippen molar-refractivity contribution in [2.24, 2.45) is 7.05 Å². The number of halogens is 2. The molecule has 0 amide bonds. The Labute approximate surface area is 229 Å². The molecule has 5 aromatic rings. The molecule has 0 unspecified atom stereocenters. The number of nitrogens with one attached hydrogen (secondary N) is 1. The maximum absolute atomic E-state index is 14.5. The standard InChI is InChI=1S/C30H26F2N2O5S/c1-5-40(36,37)33-21-7-9-26(38-27-8-6-20(31)13-25(27)32)22(14-21)24-16-34(4)30(35)23-15-28(39-29(23)24)19-11-17(2)10-18(3)12-19/h6-16,33H,5H2,1-4H3. The van der Waals surface area contributed by atoms with Crippen LogP contribution in [0.15, 0.2) is 76.1 Å². The van der Waals surface area contributed by atoms with Gasteiger partial charge in [0.15, 0.2) is 11.6 Å². The monoisotopic (exact) mass is 564 g/mol. The Morgan fingerprint density at radius 1 is 0.925 bits per heavy atom. The summed E-state index contributed by atoms with van der Waals surface area (Å²) in [6.45, 7) is 5.43. The Morgan fingerprint density at radius 3 is 2.30 bits per heavy atom. The molecule has 0 aliphatic rings. The highest BCUT2D eigenvalue weighted by atomic mass is 32.2. The second-order valence-corrected chi connectivity index (χ2v) is 11.6. The molecule has 0 bridgehead atoms. The molecule has 0 saturated heterocycles. The van der Waals surface area contributed by atoms with Crippen LogP contribution in [0.3, 0.4) is 0 Å². The molecule has 5 rings (SSSR count). The van der Waals surface area contributed by atoms with E-state index in [2.05, 4.69) is 4.72 Å². The van der Waals surface area contributed by atoms with Crippen LogP contribution in [0, 0.1) is 25.5 Å². The van der Waals surface area contributed by atoms with Gasteiger partial charge in [-0.05, 0) is 69.3 Å². The SMILES string of the molecule is CCS(=O)(=O)Nc1ccc(Oc2ccc(F)cc2F)c(-c2cn(C)c(=O)c3cc(-c4cc(C)cc(C)c4)oc23)c1. The Hall–Kier alpha value is -4.44. The van der Waals surface area contributed by atoms with E-state index >= 15 is 0 Å². The third-order valence-electron chi connectivity index (χ3n) is 6.39. The fourth-order valence-corrected chi connectivity index (χ4v) is 5.15. The van der Waals surface area contributed by atoms with Crippen molar-refractivity contribution in [3.63, 3.8) is 0 Å². The number of pyridine rings is 1. The number of fused-ring (bicyclic) bond motifs is 1. The van der Waals surface area contributed by atoms with Gasteiger partial charge in [0.25, 0.3) is 5.56 Å². The highest BCUT2D eigenvalue weighted by Crippen LogP contribution is 2.41. The third-order valence-corrected chi connectivity index (χ3v) is 7.70. The molecule has 3 aromatic carbocycles. The molecule has 40 heavy (non-hydrogen) atoms. The molecule has 7 nitrogen and oxygen atoms in total. The number of anilines is 1. The normalized spacial score (nSPS) is 11.7. The van der Waals surface area contributed by atoms with Gasteiger partial charge in [0.2, 0.25) is 10.0 Å². The Bertz CT molecular complexity index is 1920. The lowest BCUT2D eigenvalue weighted by atomic mass is 10.0. The minimum atomic E-state index is -3.62. The summed E-state index contributed by atoms with van der Waals surface area (Å²) in [5.41, 5.74) is 3.74. The van der Waals surface area contributed by atoms with Crippen molar-refractivity contribution in [1.82, 2.24) is 4.57 Å². The van der Waals surface area contributed by atoms with Crippen LogP contribution in [0.4, 0.5) is 14.5 Å². The average Bonchev–Trinajstić information content (AvgIpc) is 3.34. The number of rotatable bonds is 7. The smallest absolute Gasteiger partial charge is 0.261 e. The van der Waals surface area contributed by atoms with Crippen molar-refractivity contribution in [2.45, 2.75) is 20.8 Å². The quantitative estimate of drug-likeness (QED) is 0.232. The van der Waals surface area contributed by atoms with Crippen LogP contribution in [0.2, 0.25) is 0 Å². The Morgan fingerprint density at radius 2 is 1.62 bits per heavy atom. The molecular formula is C30H26F2N2O5S. The zero-order valence-corrected chi connectivity index (χ0v) is 23.0. The van der Waals surface area contributed by atoms with Crippen LogP contribution < -0.4 is 15.0 Å². The number of hydrogen-bond acceptors (Lipinski definition) is 5. The van der Waals surface area contributed by atoms with Gasteiger partial charge in [0.1, 0.15) is 22.9 Å². The van der Waals surface area contributed by atoms with Crippen LogP contribution in [-0.4, -0.2) is 18.7 Å². The summed E-state index contributed by atoms with van der Waals surface area (Å²) in [5.74, 6) is -1.45. The molecule has 1 N–H and O–H groups in total. The van der Waals surface area contributed by atoms with Crippen molar-refractivity contribution in [2.75, 3.05) is 10.5 Å². The molecule has 2 aromatic heterocycles. The lowest BCUT2D eigenvalue weighted by molar-refractivity contribution is 0.439. The Kier molecular flexibility index (Phi) is 6.97. The second-order valence-electron chi connectivity index (χ2n) is 9.58. The maximum atomic E-state index is 14.5. The number of aromatic nitrogens is 1. The van der Waals surface area contributed by atoms with Crippen molar-refractivity contribution < 1.29 is 26.4 Å². The molecule has 0 atom stereocenters. The molecule has 0 fully saturated rings. The van der Waals surface area contributed by atoms with E-state index in [1.165, 1.54) is 29.7 Å². The van der Waals surface area contributed by atoms with Crippen molar-refractivity contribution in [3.05, 3.63) is 100.0 Å². The second kappa shape index (κ2) is 10.3. The number of hydrogen-bond donors (Lipinski definition) is 1. The van der Waals surface area contributed by atoms with Crippen LogP contribution in [0.5, 0.6) is 11.5 Å². The zero-order chi connectivity index (χ0) is 28.8. The highest BCUT2D eigenvalue weighted by molar-refractivity contribution is 7.92. The first-order valence-corrected chi connectivity index (χ1v) is 14.1. The van der Waals surface area contributed by atoms with E-state index in [4.69, 9.17) is 9.15 Å². The molecule has 0 aliphatic carbocycles. The lowest BCUT2D eigenvalue weighted by Gasteiger charge is -2.15. The van der Waals surface area contributed by atoms with Crippen molar-refractivity contribution in [1.29, 1.82) is 0 Å². The number of furan rings is 1. The van der Waals surface area contributed by atoms with Crippen LogP contribution in [-0.2, 0) is 17.1 Å². The van der Waals surface area contributed by atoms with Crippen LogP contribution >= 0.6 is 0 Å². The van der Waals surface area contributed by atoms with E-state index in [0.29, 0.717) is 28.3 Å². The summed E-state index contributed by atoms with van der Waals surface area (Å²) in [7, 11) is -2.04. The van der Waals surface area contributed by atoms with Gasteiger partial charge in [0, 0.05) is 41.7 Å². The number of aryl methyl sites for hydroxylation is 3. The van der Waals surface area contributed by atoms with Crippen molar-refractivity contribution >= 4 is 26.7 Å². The van der Waals surface area contributed by atoms with E-state index in [1.54, 1.807) is 19.3 Å². The summed E-state index contributed by atoms with van der Waals surface area (Å²) in [6.07, 6.45) is 1.54. The van der Waals surface area contributed by atoms with Crippen molar-refractivity contribution in [3.8, 4) is 33.9 Å². The van der Waals surface area contributed by atoms with E-state index in [1.807, 2.05) is 32.0 Å². The Balaban J connectivity index is 1.75. The predicted octanol–water partition coefficient (Wildman–Crippen LogP) is 6.91. The van der Waals surface area contributed by atoms with Crippen LogP contribution in [0.1, 0.15) is 18.1 Å².